The van der Waals surface area contributed by atoms with E-state index in [1.54, 1.807) is 6.08 Å². The second kappa shape index (κ2) is 7.62. The lowest BCUT2D eigenvalue weighted by Crippen LogP contribution is -2.29. The molecule has 0 bridgehead atoms. The average molecular weight is 361 g/mol. The largest absolute Gasteiger partial charge is 0.480 e. The van der Waals surface area contributed by atoms with Gasteiger partial charge in [-0.15, -0.1) is 0 Å². The van der Waals surface area contributed by atoms with Crippen molar-refractivity contribution in [2.45, 2.75) is 12.5 Å². The number of ether oxygens (including phenoxy) is 2. The highest BCUT2D eigenvalue weighted by atomic mass is 32.2. The summed E-state index contributed by atoms with van der Waals surface area (Å²) in [7, 11) is -1.99. The molecule has 132 valence electrons. The predicted octanol–water partition coefficient (Wildman–Crippen LogP) is 1.94. The van der Waals surface area contributed by atoms with E-state index < -0.39 is 10.0 Å². The van der Waals surface area contributed by atoms with Crippen LogP contribution in [0.5, 0.6) is 11.8 Å². The van der Waals surface area contributed by atoms with E-state index in [0.29, 0.717) is 24.7 Å². The molecule has 1 aromatic heterocycles. The number of benzene rings is 1. The van der Waals surface area contributed by atoms with Crippen LogP contribution < -0.4 is 9.47 Å². The Morgan fingerprint density at radius 3 is 2.72 bits per heavy atom. The molecule has 0 N–H and O–H groups in total. The number of methoxy groups -OCH3 is 1. The molecule has 7 nitrogen and oxygen atoms in total. The second-order valence-electron chi connectivity index (χ2n) is 5.54. The maximum atomic E-state index is 12.4. The molecule has 0 radical (unpaired) electrons. The molecule has 2 aromatic rings. The topological polar surface area (TPSA) is 81.6 Å². The van der Waals surface area contributed by atoms with E-state index in [1.165, 1.54) is 29.2 Å². The fraction of sp³-hybridized carbons (Fsp3) is 0.294. The van der Waals surface area contributed by atoms with Gasteiger partial charge in [0.15, 0.2) is 0 Å². The molecule has 1 saturated heterocycles. The lowest BCUT2D eigenvalue weighted by atomic mass is 10.2. The molecule has 1 aliphatic rings. The number of hydrogen-bond acceptors (Lipinski definition) is 6. The summed E-state index contributed by atoms with van der Waals surface area (Å²) in [6, 6.07) is 9.31. The van der Waals surface area contributed by atoms with Gasteiger partial charge in [0.1, 0.15) is 6.10 Å². The van der Waals surface area contributed by atoms with Crippen LogP contribution in [-0.4, -0.2) is 49.0 Å². The molecule has 2 heterocycles. The summed E-state index contributed by atoms with van der Waals surface area (Å²) < 4.78 is 37.0. The first-order valence-electron chi connectivity index (χ1n) is 7.83. The van der Waals surface area contributed by atoms with Crippen LogP contribution in [0.25, 0.3) is 6.08 Å². The molecule has 0 saturated carbocycles. The highest BCUT2D eigenvalue weighted by Crippen LogP contribution is 2.21. The number of hydrogen-bond donors (Lipinski definition) is 0. The van der Waals surface area contributed by atoms with Gasteiger partial charge in [0.2, 0.25) is 21.8 Å². The first-order chi connectivity index (χ1) is 12.1. The molecule has 3 rings (SSSR count). The van der Waals surface area contributed by atoms with E-state index in [2.05, 4.69) is 9.97 Å². The summed E-state index contributed by atoms with van der Waals surface area (Å²) in [5.74, 6) is 0.675. The normalized spacial score (nSPS) is 18.5. The molecule has 25 heavy (non-hydrogen) atoms. The Balaban J connectivity index is 1.62. The maximum absolute atomic E-state index is 12.4. The zero-order chi connectivity index (χ0) is 17.7. The van der Waals surface area contributed by atoms with Crippen LogP contribution in [0.1, 0.15) is 12.0 Å². The van der Waals surface area contributed by atoms with Crippen molar-refractivity contribution >= 4 is 16.1 Å². The predicted molar refractivity (Wildman–Crippen MR) is 93.6 cm³/mol. The van der Waals surface area contributed by atoms with Crippen molar-refractivity contribution < 1.29 is 17.9 Å². The van der Waals surface area contributed by atoms with Gasteiger partial charge >= 0.3 is 0 Å². The van der Waals surface area contributed by atoms with Crippen LogP contribution >= 0.6 is 0 Å². The fourth-order valence-corrected chi connectivity index (χ4v) is 3.73. The number of rotatable bonds is 6. The molecule has 1 fully saturated rings. The monoisotopic (exact) mass is 361 g/mol. The van der Waals surface area contributed by atoms with E-state index >= 15 is 0 Å². The van der Waals surface area contributed by atoms with Crippen molar-refractivity contribution in [1.82, 2.24) is 14.3 Å². The van der Waals surface area contributed by atoms with Gasteiger partial charge in [-0.05, 0) is 18.1 Å². The zero-order valence-electron chi connectivity index (χ0n) is 13.8. The molecular formula is C17H19N3O4S. The van der Waals surface area contributed by atoms with E-state index in [9.17, 15) is 8.42 Å². The first kappa shape index (κ1) is 17.4. The van der Waals surface area contributed by atoms with E-state index in [0.717, 1.165) is 5.56 Å². The summed E-state index contributed by atoms with van der Waals surface area (Å²) in [4.78, 5) is 8.10. The van der Waals surface area contributed by atoms with Crippen LogP contribution in [0.15, 0.2) is 48.1 Å². The molecule has 1 atom stereocenters. The average Bonchev–Trinajstić information content (AvgIpc) is 3.10. The van der Waals surface area contributed by atoms with Gasteiger partial charge in [-0.1, -0.05) is 30.3 Å². The summed E-state index contributed by atoms with van der Waals surface area (Å²) in [6.07, 6.45) is 4.89. The quantitative estimate of drug-likeness (QED) is 0.782. The van der Waals surface area contributed by atoms with Gasteiger partial charge in [0.25, 0.3) is 0 Å². The molecule has 0 spiro atoms. The molecule has 8 heteroatoms. The molecule has 0 aliphatic carbocycles. The summed E-state index contributed by atoms with van der Waals surface area (Å²) in [6.45, 7) is 0.684. The minimum absolute atomic E-state index is 0.263. The fourth-order valence-electron chi connectivity index (χ4n) is 2.50. The Morgan fingerprint density at radius 2 is 1.96 bits per heavy atom. The minimum atomic E-state index is -3.48. The minimum Gasteiger partial charge on any atom is -0.480 e. The highest BCUT2D eigenvalue weighted by Gasteiger charge is 2.31. The Morgan fingerprint density at radius 1 is 1.20 bits per heavy atom. The van der Waals surface area contributed by atoms with Gasteiger partial charge in [-0.2, -0.15) is 9.29 Å². The van der Waals surface area contributed by atoms with Crippen molar-refractivity contribution in [3.63, 3.8) is 0 Å². The third-order valence-corrected chi connectivity index (χ3v) is 5.32. The van der Waals surface area contributed by atoms with Crippen molar-refractivity contribution in [3.05, 3.63) is 53.7 Å². The van der Waals surface area contributed by atoms with Crippen LogP contribution in [0.2, 0.25) is 0 Å². The van der Waals surface area contributed by atoms with Crippen LogP contribution in [0.3, 0.4) is 0 Å². The van der Waals surface area contributed by atoms with Crippen molar-refractivity contribution in [1.29, 1.82) is 0 Å². The Labute approximate surface area is 147 Å². The van der Waals surface area contributed by atoms with E-state index in [4.69, 9.17) is 9.47 Å². The summed E-state index contributed by atoms with van der Waals surface area (Å²) in [5, 5.41) is 1.23. The Hall–Kier alpha value is -2.45. The Kier molecular flexibility index (Phi) is 5.30. The number of sulfonamides is 1. The molecule has 1 aromatic carbocycles. The Bertz CT molecular complexity index is 840. The summed E-state index contributed by atoms with van der Waals surface area (Å²) in [5.41, 5.74) is 0.838. The lowest BCUT2D eigenvalue weighted by molar-refractivity contribution is 0.203. The SMILES string of the molecule is COc1cncc(O[C@H]2CCN(S(=O)(=O)/C=C/c3ccccc3)C2)n1. The highest BCUT2D eigenvalue weighted by molar-refractivity contribution is 7.92. The van der Waals surface area contributed by atoms with E-state index in [1.807, 2.05) is 30.3 Å². The number of nitrogens with zero attached hydrogens (tertiary/aromatic N) is 3. The lowest BCUT2D eigenvalue weighted by Gasteiger charge is -2.15. The molecular weight excluding hydrogens is 342 g/mol. The van der Waals surface area contributed by atoms with Crippen LogP contribution in [0.4, 0.5) is 0 Å². The van der Waals surface area contributed by atoms with Crippen molar-refractivity contribution in [2.24, 2.45) is 0 Å². The van der Waals surface area contributed by atoms with Crippen LogP contribution in [0, 0.1) is 0 Å². The standard InChI is InChI=1S/C17H19N3O4S/c1-23-16-11-18-12-17(19-16)24-15-7-9-20(13-15)25(21,22)10-8-14-5-3-2-4-6-14/h2-6,8,10-12,15H,7,9,13H2,1H3/b10-8+/t15-/m0/s1. The third kappa shape index (κ3) is 4.55. The number of aromatic nitrogens is 2. The van der Waals surface area contributed by atoms with Gasteiger partial charge in [0, 0.05) is 12.0 Å². The second-order valence-corrected chi connectivity index (χ2v) is 7.36. The first-order valence-corrected chi connectivity index (χ1v) is 9.33. The van der Waals surface area contributed by atoms with Gasteiger partial charge in [-0.25, -0.2) is 8.42 Å². The zero-order valence-corrected chi connectivity index (χ0v) is 14.6. The molecule has 1 aliphatic heterocycles. The van der Waals surface area contributed by atoms with E-state index in [-0.39, 0.29) is 12.6 Å². The maximum Gasteiger partial charge on any atom is 0.236 e. The third-order valence-electron chi connectivity index (χ3n) is 3.79. The molecule has 0 amide bonds. The smallest absolute Gasteiger partial charge is 0.236 e. The van der Waals surface area contributed by atoms with Gasteiger partial charge in [0.05, 0.1) is 26.0 Å². The van der Waals surface area contributed by atoms with Gasteiger partial charge in [-0.3, -0.25) is 4.98 Å². The van der Waals surface area contributed by atoms with Crippen molar-refractivity contribution in [3.8, 4) is 11.8 Å². The summed E-state index contributed by atoms with van der Waals surface area (Å²) >= 11 is 0. The van der Waals surface area contributed by atoms with Crippen molar-refractivity contribution in [2.75, 3.05) is 20.2 Å². The molecule has 0 unspecified atom stereocenters. The van der Waals surface area contributed by atoms with Gasteiger partial charge < -0.3 is 9.47 Å². The van der Waals surface area contributed by atoms with Crippen LogP contribution in [-0.2, 0) is 10.0 Å².